The molecule has 28 heavy (non-hydrogen) atoms. The molecule has 138 valence electrons. The minimum atomic E-state index is -0.367. The third kappa shape index (κ3) is 3.07. The first-order valence-electron chi connectivity index (χ1n) is 8.64. The van der Waals surface area contributed by atoms with Gasteiger partial charge in [0.25, 0.3) is 0 Å². The van der Waals surface area contributed by atoms with Crippen LogP contribution in [0.5, 0.6) is 0 Å². The SMILES string of the molecule is O=c1cc(CSc2nnnn2Cc2ccco2)c2c(ccc3ccccc32)o1. The van der Waals surface area contributed by atoms with Crippen molar-refractivity contribution in [3.05, 3.63) is 82.6 Å². The smallest absolute Gasteiger partial charge is 0.336 e. The number of thioether (sulfide) groups is 1. The Morgan fingerprint density at radius 3 is 2.89 bits per heavy atom. The van der Waals surface area contributed by atoms with E-state index in [1.807, 2.05) is 48.5 Å². The lowest BCUT2D eigenvalue weighted by Crippen LogP contribution is -2.04. The molecule has 5 rings (SSSR count). The molecule has 3 aromatic heterocycles. The molecule has 0 bridgehead atoms. The second-order valence-corrected chi connectivity index (χ2v) is 7.18. The molecule has 3 heterocycles. The lowest BCUT2D eigenvalue weighted by atomic mass is 10.0. The van der Waals surface area contributed by atoms with E-state index in [2.05, 4.69) is 15.5 Å². The Hall–Kier alpha value is -3.39. The molecule has 0 atom stereocenters. The molecular weight excluding hydrogens is 376 g/mol. The molecule has 0 saturated heterocycles. The van der Waals surface area contributed by atoms with Crippen LogP contribution in [-0.2, 0) is 12.3 Å². The van der Waals surface area contributed by atoms with Gasteiger partial charge in [0, 0.05) is 17.2 Å². The first kappa shape index (κ1) is 16.8. The molecule has 8 heteroatoms. The maximum absolute atomic E-state index is 12.0. The van der Waals surface area contributed by atoms with E-state index in [0.29, 0.717) is 23.0 Å². The average Bonchev–Trinajstić information content (AvgIpc) is 3.38. The monoisotopic (exact) mass is 390 g/mol. The summed E-state index contributed by atoms with van der Waals surface area (Å²) in [6.45, 7) is 0.447. The largest absolute Gasteiger partial charge is 0.467 e. The van der Waals surface area contributed by atoms with Gasteiger partial charge in [0.2, 0.25) is 5.16 Å². The van der Waals surface area contributed by atoms with Crippen molar-refractivity contribution in [1.82, 2.24) is 20.2 Å². The molecular formula is C20H14N4O3S. The van der Waals surface area contributed by atoms with E-state index in [-0.39, 0.29) is 5.63 Å². The summed E-state index contributed by atoms with van der Waals surface area (Å²) in [7, 11) is 0. The summed E-state index contributed by atoms with van der Waals surface area (Å²) in [5.41, 5.74) is 1.10. The second-order valence-electron chi connectivity index (χ2n) is 6.24. The Kier molecular flexibility index (Phi) is 4.17. The number of hydrogen-bond acceptors (Lipinski definition) is 7. The van der Waals surface area contributed by atoms with Crippen molar-refractivity contribution in [2.75, 3.05) is 0 Å². The minimum Gasteiger partial charge on any atom is -0.467 e. The van der Waals surface area contributed by atoms with Crippen molar-refractivity contribution in [2.45, 2.75) is 17.5 Å². The maximum atomic E-state index is 12.0. The number of rotatable bonds is 5. The summed E-state index contributed by atoms with van der Waals surface area (Å²) < 4.78 is 12.5. The maximum Gasteiger partial charge on any atom is 0.336 e. The predicted octanol–water partition coefficient (Wildman–Crippen LogP) is 3.87. The summed E-state index contributed by atoms with van der Waals surface area (Å²) in [6, 6.07) is 17.1. The van der Waals surface area contributed by atoms with Crippen LogP contribution in [0.1, 0.15) is 11.3 Å². The zero-order valence-electron chi connectivity index (χ0n) is 14.6. The van der Waals surface area contributed by atoms with Gasteiger partial charge in [0.15, 0.2) is 0 Å². The Labute approximate surface area is 163 Å². The van der Waals surface area contributed by atoms with Gasteiger partial charge in [-0.1, -0.05) is 42.1 Å². The van der Waals surface area contributed by atoms with E-state index in [1.165, 1.54) is 11.8 Å². The highest BCUT2D eigenvalue weighted by Gasteiger charge is 2.13. The van der Waals surface area contributed by atoms with Gasteiger partial charge in [-0.15, -0.1) is 5.10 Å². The van der Waals surface area contributed by atoms with Gasteiger partial charge in [-0.05, 0) is 45.0 Å². The van der Waals surface area contributed by atoms with Crippen molar-refractivity contribution < 1.29 is 8.83 Å². The Bertz CT molecular complexity index is 1320. The first-order valence-corrected chi connectivity index (χ1v) is 9.62. The first-order chi connectivity index (χ1) is 13.8. The molecule has 0 saturated carbocycles. The van der Waals surface area contributed by atoms with Crippen molar-refractivity contribution in [2.24, 2.45) is 0 Å². The fourth-order valence-electron chi connectivity index (χ4n) is 3.23. The number of benzene rings is 2. The fourth-order valence-corrected chi connectivity index (χ4v) is 4.08. The number of aromatic nitrogens is 4. The number of nitrogens with zero attached hydrogens (tertiary/aromatic N) is 4. The lowest BCUT2D eigenvalue weighted by Gasteiger charge is -2.08. The van der Waals surface area contributed by atoms with Gasteiger partial charge >= 0.3 is 5.63 Å². The van der Waals surface area contributed by atoms with Crippen molar-refractivity contribution >= 4 is 33.5 Å². The number of hydrogen-bond donors (Lipinski definition) is 0. The summed E-state index contributed by atoms with van der Waals surface area (Å²) in [4.78, 5) is 12.0. The normalized spacial score (nSPS) is 11.4. The van der Waals surface area contributed by atoms with E-state index >= 15 is 0 Å². The van der Waals surface area contributed by atoms with E-state index in [9.17, 15) is 4.79 Å². The highest BCUT2D eigenvalue weighted by atomic mass is 32.2. The minimum absolute atomic E-state index is 0.367. The molecule has 0 spiro atoms. The van der Waals surface area contributed by atoms with Crippen LogP contribution in [0.3, 0.4) is 0 Å². The van der Waals surface area contributed by atoms with Gasteiger partial charge < -0.3 is 8.83 Å². The zero-order chi connectivity index (χ0) is 18.9. The van der Waals surface area contributed by atoms with Crippen LogP contribution in [0, 0.1) is 0 Å². The molecule has 0 fully saturated rings. The molecule has 2 aromatic carbocycles. The van der Waals surface area contributed by atoms with E-state index in [0.717, 1.165) is 27.5 Å². The lowest BCUT2D eigenvalue weighted by molar-refractivity contribution is 0.462. The Morgan fingerprint density at radius 1 is 1.07 bits per heavy atom. The Balaban J connectivity index is 1.52. The van der Waals surface area contributed by atoms with Gasteiger partial charge in [0.05, 0.1) is 6.26 Å². The number of furan rings is 1. The van der Waals surface area contributed by atoms with Crippen LogP contribution >= 0.6 is 11.8 Å². The van der Waals surface area contributed by atoms with Crippen LogP contribution in [0.2, 0.25) is 0 Å². The topological polar surface area (TPSA) is 87.0 Å². The summed E-state index contributed by atoms with van der Waals surface area (Å²) in [5, 5.41) is 15.6. The number of fused-ring (bicyclic) bond motifs is 3. The highest BCUT2D eigenvalue weighted by molar-refractivity contribution is 7.98. The zero-order valence-corrected chi connectivity index (χ0v) is 15.4. The molecule has 0 aliphatic carbocycles. The fraction of sp³-hybridized carbons (Fsp3) is 0.100. The van der Waals surface area contributed by atoms with Gasteiger partial charge in [-0.25, -0.2) is 9.48 Å². The quantitative estimate of drug-likeness (QED) is 0.256. The second kappa shape index (κ2) is 6.97. The Morgan fingerprint density at radius 2 is 2.00 bits per heavy atom. The molecule has 7 nitrogen and oxygen atoms in total. The van der Waals surface area contributed by atoms with Crippen molar-refractivity contribution in [3.63, 3.8) is 0 Å². The van der Waals surface area contributed by atoms with Crippen molar-refractivity contribution in [1.29, 1.82) is 0 Å². The van der Waals surface area contributed by atoms with E-state index in [1.54, 1.807) is 17.0 Å². The number of tetrazole rings is 1. The summed E-state index contributed by atoms with van der Waals surface area (Å²) in [5.74, 6) is 1.31. The van der Waals surface area contributed by atoms with Crippen LogP contribution < -0.4 is 5.63 Å². The van der Waals surface area contributed by atoms with Gasteiger partial charge in [-0.2, -0.15) is 0 Å². The van der Waals surface area contributed by atoms with E-state index in [4.69, 9.17) is 8.83 Å². The van der Waals surface area contributed by atoms with Crippen LogP contribution in [-0.4, -0.2) is 20.2 Å². The van der Waals surface area contributed by atoms with Crippen molar-refractivity contribution in [3.8, 4) is 0 Å². The van der Waals surface area contributed by atoms with Crippen LogP contribution in [0.15, 0.2) is 79.6 Å². The standard InChI is InChI=1S/C20H14N4O3S/c25-18-10-14(19-16-6-2-1-4-13(16)7-8-17(19)27-18)12-28-20-21-22-23-24(20)11-15-5-3-9-26-15/h1-10H,11-12H2. The molecule has 5 aromatic rings. The van der Waals surface area contributed by atoms with E-state index < -0.39 is 0 Å². The molecule has 0 radical (unpaired) electrons. The molecule has 0 N–H and O–H groups in total. The van der Waals surface area contributed by atoms with Crippen LogP contribution in [0.4, 0.5) is 0 Å². The average molecular weight is 390 g/mol. The third-order valence-corrected chi connectivity index (χ3v) is 5.46. The molecule has 0 amide bonds. The highest BCUT2D eigenvalue weighted by Crippen LogP contribution is 2.30. The molecule has 0 aliphatic rings. The van der Waals surface area contributed by atoms with Gasteiger partial charge in [-0.3, -0.25) is 0 Å². The summed E-state index contributed by atoms with van der Waals surface area (Å²) >= 11 is 1.47. The van der Waals surface area contributed by atoms with Crippen LogP contribution in [0.25, 0.3) is 21.7 Å². The predicted molar refractivity (Wildman–Crippen MR) is 105 cm³/mol. The molecule has 0 aliphatic heterocycles. The third-order valence-electron chi connectivity index (χ3n) is 4.46. The summed E-state index contributed by atoms with van der Waals surface area (Å²) in [6.07, 6.45) is 1.62. The molecule has 0 unspecified atom stereocenters. The van der Waals surface area contributed by atoms with Gasteiger partial charge in [0.1, 0.15) is 17.9 Å².